The molecule has 3 N–H and O–H groups in total. The molecule has 0 atom stereocenters. The first-order valence-corrected chi connectivity index (χ1v) is 26.6. The van der Waals surface area contributed by atoms with Gasteiger partial charge < -0.3 is 19.9 Å². The van der Waals surface area contributed by atoms with Gasteiger partial charge in [0.15, 0.2) is 0 Å². The summed E-state index contributed by atoms with van der Waals surface area (Å²) in [6, 6.07) is 63.2. The molecule has 4 nitrogen and oxygen atoms in total. The molecule has 0 heterocycles. The third-order valence-electron chi connectivity index (χ3n) is 11.1. The predicted octanol–water partition coefficient (Wildman–Crippen LogP) is 5.65. The number of hydrogen-bond acceptors (Lipinski definition) is 3. The van der Waals surface area contributed by atoms with E-state index in [-0.39, 0.29) is 24.0 Å². The molecule has 14 heteroatoms. The molecule has 0 amide bonds. The van der Waals surface area contributed by atoms with Gasteiger partial charge in [0.1, 0.15) is 34.9 Å². The van der Waals surface area contributed by atoms with Gasteiger partial charge in [-0.3, -0.25) is 0 Å². The van der Waals surface area contributed by atoms with E-state index in [0.717, 1.165) is 15.6 Å². The van der Waals surface area contributed by atoms with E-state index in [1.54, 1.807) is 0 Å². The van der Waals surface area contributed by atoms with E-state index in [4.69, 9.17) is 0 Å². The summed E-state index contributed by atoms with van der Waals surface area (Å²) in [7, 11) is -9.77. The van der Waals surface area contributed by atoms with Crippen LogP contribution in [0, 0.1) is 34.9 Å². The van der Waals surface area contributed by atoms with Crippen molar-refractivity contribution in [1.29, 1.82) is 0 Å². The summed E-state index contributed by atoms with van der Waals surface area (Å²) >= 11 is 0. The summed E-state index contributed by atoms with van der Waals surface area (Å²) in [4.78, 5) is 34.5. The van der Waals surface area contributed by atoms with Gasteiger partial charge in [-0.05, 0) is 119 Å². The summed E-state index contributed by atoms with van der Waals surface area (Å²) in [5, 5.41) is 6.27. The van der Waals surface area contributed by atoms with E-state index in [0.29, 0.717) is 31.1 Å². The number of hydrogen-bond donors (Lipinski definition) is 3. The molecule has 0 fully saturated rings. The van der Waals surface area contributed by atoms with Gasteiger partial charge in [0.2, 0.25) is 0 Å². The summed E-state index contributed by atoms with van der Waals surface area (Å²) in [5.41, 5.74) is 0. The Hall–Kier alpha value is -6.36. The van der Waals surface area contributed by atoms with Crippen molar-refractivity contribution >= 4 is 71.6 Å². The standard InChI is InChI=1S/2C18H13F3OSi.C18H16OSi.O.V/c2*19-13-1-7-16(8-2-13)23(22,17-9-3-14(20)4-10-17)18-11-5-15(21)6-12-18;19-20(16-10-4-1-5-11-16,17-12-6-2-7-13-17)18-14-8-3-9-15-18;;/h2*1-12,22H;1-15,19H;;/q;;;-2;+2. The second kappa shape index (κ2) is 23.6. The molecule has 0 saturated carbocycles. The van der Waals surface area contributed by atoms with Crippen molar-refractivity contribution in [2.45, 2.75) is 0 Å². The summed E-state index contributed by atoms with van der Waals surface area (Å²) in [6.45, 7) is 0. The van der Waals surface area contributed by atoms with Crippen LogP contribution in [0.3, 0.4) is 0 Å². The van der Waals surface area contributed by atoms with Gasteiger partial charge in [-0.1, -0.05) is 164 Å². The summed E-state index contributed by atoms with van der Waals surface area (Å²) in [5.74, 6) is -2.48. The van der Waals surface area contributed by atoms with Crippen molar-refractivity contribution in [1.82, 2.24) is 0 Å². The molecule has 9 rings (SSSR count). The minimum Gasteiger partial charge on any atom is -2.00 e. The molecule has 341 valence electrons. The van der Waals surface area contributed by atoms with Crippen LogP contribution < -0.4 is 46.7 Å². The maximum absolute atomic E-state index is 13.2. The van der Waals surface area contributed by atoms with Crippen LogP contribution in [0.15, 0.2) is 237 Å². The largest absolute Gasteiger partial charge is 2.00 e. The Bertz CT molecular complexity index is 2470. The first-order valence-electron chi connectivity index (χ1n) is 20.7. The molecule has 0 aliphatic heterocycles. The zero-order chi connectivity index (χ0) is 46.7. The first kappa shape index (κ1) is 52.6. The van der Waals surface area contributed by atoms with Crippen LogP contribution in [0.4, 0.5) is 26.3 Å². The van der Waals surface area contributed by atoms with Crippen molar-refractivity contribution in [3.05, 3.63) is 271 Å². The fourth-order valence-electron chi connectivity index (χ4n) is 7.68. The quantitative estimate of drug-likeness (QED) is 0.0994. The average molecular weight is 1000 g/mol. The van der Waals surface area contributed by atoms with E-state index in [1.165, 1.54) is 146 Å². The van der Waals surface area contributed by atoms with Gasteiger partial charge in [0, 0.05) is 0 Å². The van der Waals surface area contributed by atoms with E-state index in [2.05, 4.69) is 0 Å². The molecule has 68 heavy (non-hydrogen) atoms. The van der Waals surface area contributed by atoms with Crippen molar-refractivity contribution in [3.63, 3.8) is 0 Å². The third kappa shape index (κ3) is 11.8. The molecule has 1 radical (unpaired) electrons. The monoisotopic (exact) mass is 1000 g/mol. The zero-order valence-corrected chi connectivity index (χ0v) is 40.4. The van der Waals surface area contributed by atoms with Gasteiger partial charge >= 0.3 is 18.6 Å². The average Bonchev–Trinajstić information content (AvgIpc) is 3.36. The van der Waals surface area contributed by atoms with Crippen LogP contribution in [0.5, 0.6) is 0 Å². The normalized spacial score (nSPS) is 11.1. The zero-order valence-electron chi connectivity index (χ0n) is 36.0. The van der Waals surface area contributed by atoms with E-state index in [1.807, 2.05) is 91.0 Å². The SMILES string of the molecule is O[Si](c1ccc(F)cc1)(c1ccc(F)cc1)c1ccc(F)cc1.O[Si](c1ccc(F)cc1)(c1ccc(F)cc1)c1ccc(F)cc1.O[Si](c1ccccc1)(c1ccccc1)c1ccccc1.[O-2].[V+2]. The van der Waals surface area contributed by atoms with Gasteiger partial charge in [-0.15, -0.1) is 0 Å². The van der Waals surface area contributed by atoms with Gasteiger partial charge in [-0.2, -0.15) is 0 Å². The van der Waals surface area contributed by atoms with Crippen LogP contribution in [0.2, 0.25) is 0 Å². The van der Waals surface area contributed by atoms with Crippen molar-refractivity contribution in [2.75, 3.05) is 0 Å². The van der Waals surface area contributed by atoms with Crippen LogP contribution in [-0.4, -0.2) is 39.3 Å². The van der Waals surface area contributed by atoms with Gasteiger partial charge in [0.05, 0.1) is 0 Å². The predicted molar refractivity (Wildman–Crippen MR) is 259 cm³/mol. The molecular formula is C54H42F6O4Si3V. The molecular weight excluding hydrogens is 962 g/mol. The van der Waals surface area contributed by atoms with Crippen LogP contribution >= 0.6 is 0 Å². The number of halogens is 6. The first-order chi connectivity index (χ1) is 31.8. The Morgan fingerprint density at radius 2 is 0.324 bits per heavy atom. The minimum absolute atomic E-state index is 0. The maximum atomic E-state index is 13.2. The minimum atomic E-state index is -3.45. The van der Waals surface area contributed by atoms with E-state index < -0.39 is 59.9 Å². The molecule has 0 saturated heterocycles. The smallest absolute Gasteiger partial charge is 2.00 e. The van der Waals surface area contributed by atoms with Crippen molar-refractivity contribution in [2.24, 2.45) is 0 Å². The molecule has 0 aromatic heterocycles. The molecule has 9 aromatic carbocycles. The molecule has 0 aliphatic rings. The topological polar surface area (TPSA) is 89.2 Å². The fourth-order valence-corrected chi connectivity index (χ4v) is 16.6. The van der Waals surface area contributed by atoms with Crippen molar-refractivity contribution in [3.8, 4) is 0 Å². The van der Waals surface area contributed by atoms with Crippen LogP contribution in [0.25, 0.3) is 0 Å². The fraction of sp³-hybridized carbons (Fsp3) is 0. The number of benzene rings is 9. The maximum Gasteiger partial charge on any atom is 2.00 e. The Labute approximate surface area is 405 Å². The Balaban J connectivity index is 0.000000188. The second-order valence-corrected chi connectivity index (χ2v) is 24.7. The number of rotatable bonds is 9. The molecule has 0 spiro atoms. The molecule has 9 aromatic rings. The Kier molecular flexibility index (Phi) is 18.2. The van der Waals surface area contributed by atoms with Gasteiger partial charge in [0.25, 0.3) is 25.0 Å². The van der Waals surface area contributed by atoms with Crippen molar-refractivity contribution < 1.29 is 64.8 Å². The summed E-state index contributed by atoms with van der Waals surface area (Å²) in [6.07, 6.45) is 0. The van der Waals surface area contributed by atoms with E-state index in [9.17, 15) is 40.7 Å². The van der Waals surface area contributed by atoms with E-state index >= 15 is 0 Å². The van der Waals surface area contributed by atoms with Crippen LogP contribution in [0.1, 0.15) is 0 Å². The molecule has 0 aliphatic carbocycles. The third-order valence-corrected chi connectivity index (χ3v) is 21.7. The second-order valence-electron chi connectivity index (χ2n) is 15.3. The summed E-state index contributed by atoms with van der Waals surface area (Å²) < 4.78 is 79.3. The van der Waals surface area contributed by atoms with Crippen LogP contribution in [-0.2, 0) is 24.0 Å². The Morgan fingerprint density at radius 3 is 0.456 bits per heavy atom. The Morgan fingerprint density at radius 1 is 0.206 bits per heavy atom. The molecule has 0 unspecified atom stereocenters. The van der Waals surface area contributed by atoms with Gasteiger partial charge in [-0.25, -0.2) is 26.3 Å². The molecule has 0 bridgehead atoms.